The number of amides is 4. The van der Waals surface area contributed by atoms with E-state index in [0.717, 1.165) is 17.7 Å². The number of urea groups is 1. The minimum Gasteiger partial charge on any atom is -0.481 e. The molecule has 0 aromatic carbocycles. The van der Waals surface area contributed by atoms with Crippen molar-refractivity contribution < 1.29 is 24.3 Å². The van der Waals surface area contributed by atoms with Crippen LogP contribution in [0.25, 0.3) is 0 Å². The summed E-state index contributed by atoms with van der Waals surface area (Å²) in [6, 6.07) is -1.43. The molecule has 4 amide bonds. The first-order chi connectivity index (χ1) is 11.4. The molecule has 0 bridgehead atoms. The van der Waals surface area contributed by atoms with E-state index in [1.807, 2.05) is 0 Å². The lowest BCUT2D eigenvalue weighted by atomic mass is 9.96. The smallest absolute Gasteiger partial charge is 0.325 e. The van der Waals surface area contributed by atoms with Gasteiger partial charge in [0, 0.05) is 13.1 Å². The Hall–Kier alpha value is -2.12. The summed E-state index contributed by atoms with van der Waals surface area (Å²) in [5.74, 6) is -2.18. The number of imide groups is 1. The van der Waals surface area contributed by atoms with E-state index in [0.29, 0.717) is 32.2 Å². The van der Waals surface area contributed by atoms with Gasteiger partial charge >= 0.3 is 12.0 Å². The molecule has 2 atom stereocenters. The molecule has 3 fully saturated rings. The Morgan fingerprint density at radius 3 is 2.54 bits per heavy atom. The molecular weight excluding hydrogens is 314 g/mol. The summed E-state index contributed by atoms with van der Waals surface area (Å²) in [5.41, 5.74) is -0.836. The van der Waals surface area contributed by atoms with Crippen LogP contribution in [0.1, 0.15) is 45.4 Å². The van der Waals surface area contributed by atoms with Gasteiger partial charge in [0.05, 0.1) is 5.92 Å². The maximum Gasteiger partial charge on any atom is 0.325 e. The van der Waals surface area contributed by atoms with Crippen molar-refractivity contribution in [2.45, 2.75) is 57.0 Å². The molecular formula is C16H23N3O5. The van der Waals surface area contributed by atoms with Crippen LogP contribution < -0.4 is 5.32 Å². The molecule has 8 nitrogen and oxygen atoms in total. The second-order valence-corrected chi connectivity index (χ2v) is 7.03. The van der Waals surface area contributed by atoms with Crippen molar-refractivity contribution in [1.29, 1.82) is 0 Å². The van der Waals surface area contributed by atoms with Gasteiger partial charge in [-0.25, -0.2) is 9.69 Å². The van der Waals surface area contributed by atoms with Crippen LogP contribution in [-0.4, -0.2) is 63.4 Å². The van der Waals surface area contributed by atoms with Crippen LogP contribution in [0.3, 0.4) is 0 Å². The highest BCUT2D eigenvalue weighted by atomic mass is 16.4. The normalized spacial score (nSPS) is 27.5. The summed E-state index contributed by atoms with van der Waals surface area (Å²) in [4.78, 5) is 51.3. The van der Waals surface area contributed by atoms with Crippen LogP contribution >= 0.6 is 0 Å². The highest BCUT2D eigenvalue weighted by Crippen LogP contribution is 2.36. The summed E-state index contributed by atoms with van der Waals surface area (Å²) in [6.07, 6.45) is 4.14. The predicted molar refractivity (Wildman–Crippen MR) is 83.0 cm³/mol. The van der Waals surface area contributed by atoms with Crippen molar-refractivity contribution in [3.05, 3.63) is 0 Å². The van der Waals surface area contributed by atoms with E-state index in [-0.39, 0.29) is 18.4 Å². The van der Waals surface area contributed by atoms with E-state index < -0.39 is 29.5 Å². The van der Waals surface area contributed by atoms with Gasteiger partial charge in [0.2, 0.25) is 5.91 Å². The standard InChI is InChI=1S/C16H23N3O5/c1-10(12(20)18-8-4-5-11(9-18)13(21)22)19-14(23)16(17-15(19)24)6-2-3-7-16/h10-11H,2-9H2,1H3,(H,17,24)(H,21,22). The lowest BCUT2D eigenvalue weighted by Crippen LogP contribution is -2.53. The van der Waals surface area contributed by atoms with Crippen LogP contribution in [0.5, 0.6) is 0 Å². The number of carbonyl (C=O) groups is 4. The molecule has 1 saturated carbocycles. The number of likely N-dealkylation sites (tertiary alicyclic amines) is 1. The van der Waals surface area contributed by atoms with Crippen molar-refractivity contribution in [2.24, 2.45) is 5.92 Å². The number of piperidine rings is 1. The maximum atomic E-state index is 12.7. The fraction of sp³-hybridized carbons (Fsp3) is 0.750. The van der Waals surface area contributed by atoms with Crippen molar-refractivity contribution in [2.75, 3.05) is 13.1 Å². The van der Waals surface area contributed by atoms with Gasteiger partial charge < -0.3 is 15.3 Å². The lowest BCUT2D eigenvalue weighted by Gasteiger charge is -2.34. The van der Waals surface area contributed by atoms with Crippen LogP contribution in [0.2, 0.25) is 0 Å². The van der Waals surface area contributed by atoms with Crippen LogP contribution in [-0.2, 0) is 14.4 Å². The average molecular weight is 337 g/mol. The molecule has 3 rings (SSSR count). The summed E-state index contributed by atoms with van der Waals surface area (Å²) >= 11 is 0. The van der Waals surface area contributed by atoms with Gasteiger partial charge in [0.15, 0.2) is 0 Å². The zero-order valence-corrected chi connectivity index (χ0v) is 13.8. The van der Waals surface area contributed by atoms with Crippen LogP contribution in [0, 0.1) is 5.92 Å². The number of nitrogens with one attached hydrogen (secondary N) is 1. The molecule has 3 aliphatic rings. The summed E-state index contributed by atoms with van der Waals surface area (Å²) in [5, 5.41) is 11.9. The monoisotopic (exact) mass is 337 g/mol. The van der Waals surface area contributed by atoms with Gasteiger partial charge in [-0.2, -0.15) is 0 Å². The second kappa shape index (κ2) is 6.07. The topological polar surface area (TPSA) is 107 Å². The molecule has 132 valence electrons. The Morgan fingerprint density at radius 1 is 1.25 bits per heavy atom. The summed E-state index contributed by atoms with van der Waals surface area (Å²) in [6.45, 7) is 2.13. The number of nitrogens with zero attached hydrogens (tertiary/aromatic N) is 2. The van der Waals surface area contributed by atoms with E-state index in [1.54, 1.807) is 0 Å². The fourth-order valence-electron chi connectivity index (χ4n) is 4.06. The van der Waals surface area contributed by atoms with Gasteiger partial charge in [0.1, 0.15) is 11.6 Å². The Kier molecular flexibility index (Phi) is 4.23. The first kappa shape index (κ1) is 16.7. The van der Waals surface area contributed by atoms with Gasteiger partial charge in [-0.3, -0.25) is 14.4 Å². The number of carboxylic acids is 1. The van der Waals surface area contributed by atoms with Crippen molar-refractivity contribution in [3.63, 3.8) is 0 Å². The Morgan fingerprint density at radius 2 is 1.92 bits per heavy atom. The Bertz CT molecular complexity index is 584. The molecule has 2 heterocycles. The SMILES string of the molecule is CC(C(=O)N1CCCC(C(=O)O)C1)N1C(=O)NC2(CCCC2)C1=O. The molecule has 0 radical (unpaired) electrons. The molecule has 1 spiro atoms. The van der Waals surface area contributed by atoms with Crippen LogP contribution in [0.4, 0.5) is 4.79 Å². The minimum absolute atomic E-state index is 0.132. The number of aliphatic carboxylic acids is 1. The third-order valence-electron chi connectivity index (χ3n) is 5.48. The molecule has 0 aromatic rings. The molecule has 24 heavy (non-hydrogen) atoms. The van der Waals surface area contributed by atoms with Crippen molar-refractivity contribution in [3.8, 4) is 0 Å². The number of hydrogen-bond donors (Lipinski definition) is 2. The summed E-state index contributed by atoms with van der Waals surface area (Å²) < 4.78 is 0. The molecule has 2 saturated heterocycles. The number of carboxylic acid groups (broad SMARTS) is 1. The zero-order chi connectivity index (χ0) is 17.5. The molecule has 2 N–H and O–H groups in total. The molecule has 2 aliphatic heterocycles. The molecule has 1 aliphatic carbocycles. The van der Waals surface area contributed by atoms with E-state index in [1.165, 1.54) is 11.8 Å². The van der Waals surface area contributed by atoms with Crippen LogP contribution in [0.15, 0.2) is 0 Å². The second-order valence-electron chi connectivity index (χ2n) is 7.03. The Labute approximate surface area is 140 Å². The fourth-order valence-corrected chi connectivity index (χ4v) is 4.06. The lowest BCUT2D eigenvalue weighted by molar-refractivity contribution is -0.149. The number of hydrogen-bond acceptors (Lipinski definition) is 4. The van der Waals surface area contributed by atoms with Crippen molar-refractivity contribution >= 4 is 23.8 Å². The molecule has 2 unspecified atom stereocenters. The predicted octanol–water partition coefficient (Wildman–Crippen LogP) is 0.563. The van der Waals surface area contributed by atoms with Gasteiger partial charge in [-0.1, -0.05) is 12.8 Å². The largest absolute Gasteiger partial charge is 0.481 e. The van der Waals surface area contributed by atoms with E-state index in [4.69, 9.17) is 5.11 Å². The maximum absolute atomic E-state index is 12.7. The first-order valence-electron chi connectivity index (χ1n) is 8.53. The number of carbonyl (C=O) groups excluding carboxylic acids is 3. The Balaban J connectivity index is 1.72. The highest BCUT2D eigenvalue weighted by Gasteiger charge is 2.54. The third kappa shape index (κ3) is 2.63. The third-order valence-corrected chi connectivity index (χ3v) is 5.48. The minimum atomic E-state index is -0.917. The van der Waals surface area contributed by atoms with Crippen molar-refractivity contribution in [1.82, 2.24) is 15.1 Å². The highest BCUT2D eigenvalue weighted by molar-refractivity contribution is 6.10. The van der Waals surface area contributed by atoms with Gasteiger partial charge in [-0.05, 0) is 32.6 Å². The summed E-state index contributed by atoms with van der Waals surface area (Å²) in [7, 11) is 0. The van der Waals surface area contributed by atoms with Gasteiger partial charge in [0.25, 0.3) is 5.91 Å². The molecule has 8 heteroatoms. The van der Waals surface area contributed by atoms with Gasteiger partial charge in [-0.15, -0.1) is 0 Å². The van der Waals surface area contributed by atoms with E-state index in [9.17, 15) is 19.2 Å². The first-order valence-corrected chi connectivity index (χ1v) is 8.53. The van der Waals surface area contributed by atoms with E-state index in [2.05, 4.69) is 5.32 Å². The number of rotatable bonds is 3. The zero-order valence-electron chi connectivity index (χ0n) is 13.8. The quantitative estimate of drug-likeness (QED) is 0.732. The van der Waals surface area contributed by atoms with E-state index >= 15 is 0 Å². The average Bonchev–Trinajstić information content (AvgIpc) is 3.12. The molecule has 0 aromatic heterocycles.